The fraction of sp³-hybridized carbons (Fsp3) is 0.667. The van der Waals surface area contributed by atoms with Crippen LogP contribution < -0.4 is 5.73 Å². The number of hydrogen-bond donors (Lipinski definition) is 1. The van der Waals surface area contributed by atoms with Crippen molar-refractivity contribution in [2.45, 2.75) is 6.92 Å². The lowest BCUT2D eigenvalue weighted by Crippen LogP contribution is -2.35. The van der Waals surface area contributed by atoms with Gasteiger partial charge in [0.2, 0.25) is 0 Å². The van der Waals surface area contributed by atoms with Crippen molar-refractivity contribution in [3.8, 4) is 0 Å². The van der Waals surface area contributed by atoms with Crippen LogP contribution >= 0.6 is 0 Å². The number of carbonyl (C=O) groups excluding carboxylic acids is 1. The van der Waals surface area contributed by atoms with Crippen LogP contribution in [0.5, 0.6) is 0 Å². The van der Waals surface area contributed by atoms with E-state index in [1.807, 2.05) is 0 Å². The van der Waals surface area contributed by atoms with Gasteiger partial charge in [0, 0.05) is 11.8 Å². The minimum Gasteiger partial charge on any atom is -0.463 e. The first-order chi connectivity index (χ1) is 7.06. The molecule has 88 valence electrons. The first-order valence-corrected chi connectivity index (χ1v) is 4.38. The molecule has 0 rings (SSSR count). The number of esters is 1. The van der Waals surface area contributed by atoms with Crippen molar-refractivity contribution in [2.75, 3.05) is 26.6 Å². The molecule has 0 aromatic rings. The standard InChI is InChI=1S/C9H14F3NO2/c1-2-15-8(14)3-7(13)9(4-10,5-11)6-12/h3H,2,4-6,13H2,1H3/b7-3-. The first kappa shape index (κ1) is 13.8. The summed E-state index contributed by atoms with van der Waals surface area (Å²) < 4.78 is 41.8. The van der Waals surface area contributed by atoms with Crippen LogP contribution in [0.2, 0.25) is 0 Å². The molecule has 0 aromatic heterocycles. The Kier molecular flexibility index (Phi) is 5.81. The molecule has 0 aliphatic heterocycles. The van der Waals surface area contributed by atoms with Crippen LogP contribution in [-0.4, -0.2) is 32.6 Å². The van der Waals surface area contributed by atoms with Gasteiger partial charge in [0.05, 0.1) is 12.0 Å². The Balaban J connectivity index is 4.76. The van der Waals surface area contributed by atoms with Gasteiger partial charge in [-0.15, -0.1) is 0 Å². The molecule has 0 spiro atoms. The molecule has 6 heteroatoms. The predicted octanol–water partition coefficient (Wildman–Crippen LogP) is 1.29. The summed E-state index contributed by atoms with van der Waals surface area (Å²) in [5, 5.41) is 0. The molecule has 0 aromatic carbocycles. The lowest BCUT2D eigenvalue weighted by molar-refractivity contribution is -0.137. The number of allylic oxidation sites excluding steroid dienone is 1. The van der Waals surface area contributed by atoms with E-state index < -0.39 is 37.1 Å². The highest BCUT2D eigenvalue weighted by Crippen LogP contribution is 2.26. The van der Waals surface area contributed by atoms with Gasteiger partial charge < -0.3 is 10.5 Å². The Morgan fingerprint density at radius 3 is 2.13 bits per heavy atom. The molecule has 2 N–H and O–H groups in total. The van der Waals surface area contributed by atoms with Crippen LogP contribution in [-0.2, 0) is 9.53 Å². The molecule has 0 unspecified atom stereocenters. The zero-order valence-electron chi connectivity index (χ0n) is 8.43. The second-order valence-electron chi connectivity index (χ2n) is 3.03. The van der Waals surface area contributed by atoms with E-state index in [9.17, 15) is 18.0 Å². The van der Waals surface area contributed by atoms with Crippen molar-refractivity contribution in [3.05, 3.63) is 11.8 Å². The van der Waals surface area contributed by atoms with Gasteiger partial charge in [-0.1, -0.05) is 0 Å². The monoisotopic (exact) mass is 225 g/mol. The van der Waals surface area contributed by atoms with Crippen molar-refractivity contribution < 1.29 is 22.7 Å². The molecule has 0 radical (unpaired) electrons. The fourth-order valence-electron chi connectivity index (χ4n) is 0.803. The van der Waals surface area contributed by atoms with E-state index in [4.69, 9.17) is 5.73 Å². The van der Waals surface area contributed by atoms with Gasteiger partial charge in [-0.3, -0.25) is 0 Å². The van der Waals surface area contributed by atoms with Crippen LogP contribution in [0.15, 0.2) is 11.8 Å². The Labute approximate surface area is 86.1 Å². The molecule has 3 nitrogen and oxygen atoms in total. The van der Waals surface area contributed by atoms with E-state index >= 15 is 0 Å². The van der Waals surface area contributed by atoms with Gasteiger partial charge >= 0.3 is 5.97 Å². The van der Waals surface area contributed by atoms with Gasteiger partial charge in [0.1, 0.15) is 20.0 Å². The van der Waals surface area contributed by atoms with Crippen molar-refractivity contribution in [1.29, 1.82) is 0 Å². The van der Waals surface area contributed by atoms with E-state index in [0.717, 1.165) is 0 Å². The molecule has 0 atom stereocenters. The van der Waals surface area contributed by atoms with Gasteiger partial charge in [-0.05, 0) is 6.92 Å². The van der Waals surface area contributed by atoms with Crippen molar-refractivity contribution >= 4 is 5.97 Å². The van der Waals surface area contributed by atoms with E-state index in [-0.39, 0.29) is 6.61 Å². The Morgan fingerprint density at radius 1 is 1.33 bits per heavy atom. The van der Waals surface area contributed by atoms with E-state index in [0.29, 0.717) is 6.08 Å². The van der Waals surface area contributed by atoms with E-state index in [1.165, 1.54) is 0 Å². The second-order valence-corrected chi connectivity index (χ2v) is 3.03. The summed E-state index contributed by atoms with van der Waals surface area (Å²) in [4.78, 5) is 10.9. The number of carbonyl (C=O) groups is 1. The molecular formula is C9H14F3NO2. The number of rotatable bonds is 6. The topological polar surface area (TPSA) is 52.3 Å². The predicted molar refractivity (Wildman–Crippen MR) is 49.3 cm³/mol. The molecule has 15 heavy (non-hydrogen) atoms. The molecular weight excluding hydrogens is 211 g/mol. The number of nitrogens with two attached hydrogens (primary N) is 1. The van der Waals surface area contributed by atoms with Crippen LogP contribution in [0.3, 0.4) is 0 Å². The number of ether oxygens (including phenoxy) is 1. The summed E-state index contributed by atoms with van der Waals surface area (Å²) in [7, 11) is 0. The summed E-state index contributed by atoms with van der Waals surface area (Å²) >= 11 is 0. The van der Waals surface area contributed by atoms with E-state index in [2.05, 4.69) is 4.74 Å². The molecule has 0 aliphatic carbocycles. The summed E-state index contributed by atoms with van der Waals surface area (Å²) in [6.45, 7) is -2.24. The third-order valence-corrected chi connectivity index (χ3v) is 1.94. The average Bonchev–Trinajstić information content (AvgIpc) is 2.21. The highest BCUT2D eigenvalue weighted by Gasteiger charge is 2.34. The number of hydrogen-bond acceptors (Lipinski definition) is 3. The van der Waals surface area contributed by atoms with Gasteiger partial charge in [0.15, 0.2) is 0 Å². The number of alkyl halides is 3. The largest absolute Gasteiger partial charge is 0.463 e. The van der Waals surface area contributed by atoms with E-state index in [1.54, 1.807) is 6.92 Å². The SMILES string of the molecule is CCOC(=O)/C=C(\N)C(CF)(CF)CF. The second kappa shape index (κ2) is 6.31. The Hall–Kier alpha value is -1.20. The normalized spacial score (nSPS) is 12.7. The third kappa shape index (κ3) is 3.45. The molecule has 0 saturated carbocycles. The maximum atomic E-state index is 12.4. The van der Waals surface area contributed by atoms with Crippen LogP contribution in [0.1, 0.15) is 6.92 Å². The zero-order valence-corrected chi connectivity index (χ0v) is 8.43. The highest BCUT2D eigenvalue weighted by atomic mass is 19.1. The lowest BCUT2D eigenvalue weighted by Gasteiger charge is -2.24. The molecule has 0 fully saturated rings. The highest BCUT2D eigenvalue weighted by molar-refractivity contribution is 5.82. The minimum absolute atomic E-state index is 0.108. The van der Waals surface area contributed by atoms with Gasteiger partial charge in [0.25, 0.3) is 0 Å². The van der Waals surface area contributed by atoms with Crippen molar-refractivity contribution in [3.63, 3.8) is 0 Å². The van der Waals surface area contributed by atoms with Crippen LogP contribution in [0.25, 0.3) is 0 Å². The Bertz CT molecular complexity index is 231. The van der Waals surface area contributed by atoms with Crippen LogP contribution in [0.4, 0.5) is 13.2 Å². The average molecular weight is 225 g/mol. The Morgan fingerprint density at radius 2 is 1.80 bits per heavy atom. The van der Waals surface area contributed by atoms with Crippen LogP contribution in [0, 0.1) is 5.41 Å². The van der Waals surface area contributed by atoms with Gasteiger partial charge in [-0.25, -0.2) is 18.0 Å². The number of halogens is 3. The lowest BCUT2D eigenvalue weighted by atomic mass is 9.89. The first-order valence-electron chi connectivity index (χ1n) is 4.38. The molecule has 0 amide bonds. The molecule has 0 bridgehead atoms. The summed E-state index contributed by atoms with van der Waals surface area (Å²) in [5.74, 6) is -0.838. The quantitative estimate of drug-likeness (QED) is 0.547. The summed E-state index contributed by atoms with van der Waals surface area (Å²) in [6, 6.07) is 0. The van der Waals surface area contributed by atoms with Crippen molar-refractivity contribution in [2.24, 2.45) is 11.1 Å². The molecule has 0 heterocycles. The zero-order chi connectivity index (χ0) is 11.9. The smallest absolute Gasteiger partial charge is 0.332 e. The summed E-state index contributed by atoms with van der Waals surface area (Å²) in [6.07, 6.45) is 0.711. The minimum atomic E-state index is -2.05. The molecule has 0 aliphatic rings. The molecule has 0 saturated heterocycles. The maximum absolute atomic E-state index is 12.4. The third-order valence-electron chi connectivity index (χ3n) is 1.94. The fourth-order valence-corrected chi connectivity index (χ4v) is 0.803. The van der Waals surface area contributed by atoms with Gasteiger partial charge in [-0.2, -0.15) is 0 Å². The summed E-state index contributed by atoms with van der Waals surface area (Å²) in [5.41, 5.74) is 2.73. The van der Waals surface area contributed by atoms with Crippen molar-refractivity contribution in [1.82, 2.24) is 0 Å². The maximum Gasteiger partial charge on any atom is 0.332 e.